The largest absolute Gasteiger partial charge is 0.381 e. The maximum Gasteiger partial charge on any atom is 0.329 e. The fourth-order valence-corrected chi connectivity index (χ4v) is 10.1. The van der Waals surface area contributed by atoms with Gasteiger partial charge in [0.15, 0.2) is 0 Å². The zero-order chi connectivity index (χ0) is 40.1. The molecular formula is C44H49N9O4S. The van der Waals surface area contributed by atoms with Crippen molar-refractivity contribution in [3.05, 3.63) is 81.8 Å². The summed E-state index contributed by atoms with van der Waals surface area (Å²) < 4.78 is 4.26. The summed E-state index contributed by atoms with van der Waals surface area (Å²) in [5, 5.41) is 11.1. The Morgan fingerprint density at radius 3 is 2.43 bits per heavy atom. The molecule has 7 heterocycles. The molecule has 2 aromatic carbocycles. The van der Waals surface area contributed by atoms with E-state index < -0.39 is 11.9 Å². The van der Waals surface area contributed by atoms with Gasteiger partial charge in [-0.25, -0.2) is 9.78 Å². The first kappa shape index (κ1) is 37.9. The number of aromatic nitrogens is 4. The number of thiophene rings is 1. The van der Waals surface area contributed by atoms with Gasteiger partial charge in [0.1, 0.15) is 10.9 Å². The Labute approximate surface area is 340 Å². The van der Waals surface area contributed by atoms with E-state index in [4.69, 9.17) is 9.97 Å². The molecule has 14 heteroatoms. The van der Waals surface area contributed by atoms with Crippen LogP contribution >= 0.6 is 11.3 Å². The maximum absolute atomic E-state index is 12.9. The van der Waals surface area contributed by atoms with Gasteiger partial charge >= 0.3 is 5.69 Å². The third-order valence-corrected chi connectivity index (χ3v) is 13.4. The van der Waals surface area contributed by atoms with Crippen molar-refractivity contribution in [3.63, 3.8) is 0 Å². The Morgan fingerprint density at radius 2 is 1.67 bits per heavy atom. The van der Waals surface area contributed by atoms with Crippen LogP contribution in [-0.2, 0) is 16.6 Å². The lowest BCUT2D eigenvalue weighted by Crippen LogP contribution is -2.44. The second-order valence-electron chi connectivity index (χ2n) is 16.2. The number of fused-ring (bicyclic) bond motifs is 6. The van der Waals surface area contributed by atoms with E-state index in [2.05, 4.69) is 69.2 Å². The summed E-state index contributed by atoms with van der Waals surface area (Å²) in [6.07, 6.45) is 9.07. The summed E-state index contributed by atoms with van der Waals surface area (Å²) in [5.74, 6) is -0.0732. The Hall–Kier alpha value is -5.60. The molecule has 2 saturated heterocycles. The van der Waals surface area contributed by atoms with Crippen molar-refractivity contribution in [1.82, 2.24) is 34.6 Å². The number of carbonyl (C=O) groups is 3. The zero-order valence-corrected chi connectivity index (χ0v) is 34.0. The van der Waals surface area contributed by atoms with Gasteiger partial charge in [0.25, 0.3) is 5.91 Å². The molecule has 13 nitrogen and oxygen atoms in total. The van der Waals surface area contributed by atoms with Crippen molar-refractivity contribution >= 4 is 72.5 Å². The van der Waals surface area contributed by atoms with E-state index in [0.29, 0.717) is 18.9 Å². The number of pyridine rings is 2. The molecule has 1 aliphatic carbocycles. The normalized spacial score (nSPS) is 20.6. The number of piperidine rings is 1. The monoisotopic (exact) mass is 799 g/mol. The first-order valence-electron chi connectivity index (χ1n) is 20.5. The predicted molar refractivity (Wildman–Crippen MR) is 230 cm³/mol. The lowest BCUT2D eigenvalue weighted by Gasteiger charge is -2.34. The number of likely N-dealkylation sites (N-methyl/N-ethyl adjacent to an activating group) is 1. The molecule has 300 valence electrons. The van der Waals surface area contributed by atoms with E-state index in [1.807, 2.05) is 31.3 Å². The minimum Gasteiger partial charge on any atom is -0.381 e. The molecule has 0 radical (unpaired) electrons. The van der Waals surface area contributed by atoms with Crippen molar-refractivity contribution in [2.45, 2.75) is 69.9 Å². The average molecular weight is 800 g/mol. The second-order valence-corrected chi connectivity index (χ2v) is 17.2. The summed E-state index contributed by atoms with van der Waals surface area (Å²) in [7, 11) is 3.85. The van der Waals surface area contributed by atoms with Crippen LogP contribution in [0.3, 0.4) is 0 Å². The fourth-order valence-electron chi connectivity index (χ4n) is 9.03. The number of piperazine rings is 1. The van der Waals surface area contributed by atoms with E-state index in [1.165, 1.54) is 42.4 Å². The highest BCUT2D eigenvalue weighted by Gasteiger charge is 2.32. The second kappa shape index (κ2) is 15.6. The smallest absolute Gasteiger partial charge is 0.329 e. The fraction of sp³-hybridized carbons (Fsp3) is 0.409. The number of para-hydroxylation sites is 1. The van der Waals surface area contributed by atoms with Gasteiger partial charge in [-0.15, -0.1) is 11.3 Å². The molecule has 3 fully saturated rings. The van der Waals surface area contributed by atoms with Crippen molar-refractivity contribution in [2.24, 2.45) is 7.05 Å². The average Bonchev–Trinajstić information content (AvgIpc) is 3.70. The van der Waals surface area contributed by atoms with Gasteiger partial charge < -0.3 is 20.4 Å². The van der Waals surface area contributed by atoms with Gasteiger partial charge in [0, 0.05) is 91.1 Å². The van der Waals surface area contributed by atoms with E-state index in [-0.39, 0.29) is 30.0 Å². The number of nitrogens with zero attached hydrogens (tertiary/aromatic N) is 6. The molecule has 1 saturated carbocycles. The quantitative estimate of drug-likeness (QED) is 0.178. The number of rotatable bonds is 4. The van der Waals surface area contributed by atoms with Crippen LogP contribution in [0.4, 0.5) is 11.4 Å². The summed E-state index contributed by atoms with van der Waals surface area (Å²) in [6.45, 7) is 6.46. The third-order valence-electron chi connectivity index (χ3n) is 12.2. The van der Waals surface area contributed by atoms with E-state index in [0.717, 1.165) is 85.7 Å². The standard InChI is InChI=1S/C26H26N4OS.C18H23N5O3/c1-15-13-28-24-23-18-8-10-20(17-7-9-19(27-14-17)16-5-3-2-4-6-16)30-21(18)11-12-22(23)32-25(24)26(31)29-15;1-20-8-10-22(11-9-20)12-4-3-5-13-16(12)21(2)18(26)23(13)14-6-7-15(24)19-17(14)25/h7-12,14-16,28H,2-6,13H2,1H3,(H,29,31);3-5,14H,6-11H2,1-2H3,(H,19,24,25)/t15-;/m1./s1. The van der Waals surface area contributed by atoms with E-state index >= 15 is 0 Å². The highest BCUT2D eigenvalue weighted by Crippen LogP contribution is 2.41. The van der Waals surface area contributed by atoms with Crippen molar-refractivity contribution in [1.29, 1.82) is 0 Å². The number of benzene rings is 2. The molecule has 1 unspecified atom stereocenters. The van der Waals surface area contributed by atoms with Crippen molar-refractivity contribution in [3.8, 4) is 11.3 Å². The highest BCUT2D eigenvalue weighted by molar-refractivity contribution is 7.21. The van der Waals surface area contributed by atoms with Crippen LogP contribution in [0.5, 0.6) is 0 Å². The minimum atomic E-state index is -0.647. The molecule has 3 aliphatic heterocycles. The van der Waals surface area contributed by atoms with Crippen LogP contribution in [-0.4, -0.2) is 87.5 Å². The van der Waals surface area contributed by atoms with Gasteiger partial charge in [-0.05, 0) is 81.8 Å². The van der Waals surface area contributed by atoms with Gasteiger partial charge in [-0.1, -0.05) is 25.3 Å². The summed E-state index contributed by atoms with van der Waals surface area (Å²) >= 11 is 1.54. The molecule has 58 heavy (non-hydrogen) atoms. The molecule has 3 amide bonds. The molecule has 3 N–H and O–H groups in total. The number of imidazole rings is 1. The Morgan fingerprint density at radius 1 is 0.862 bits per heavy atom. The Bertz CT molecular complexity index is 2620. The first-order chi connectivity index (χ1) is 28.1. The molecule has 10 rings (SSSR count). The summed E-state index contributed by atoms with van der Waals surface area (Å²) in [6, 6.07) is 18.0. The molecule has 6 aromatic rings. The number of amides is 3. The third kappa shape index (κ3) is 7.02. The highest BCUT2D eigenvalue weighted by atomic mass is 32.1. The van der Waals surface area contributed by atoms with Crippen LogP contribution in [0.15, 0.2) is 65.6 Å². The number of imide groups is 1. The van der Waals surface area contributed by atoms with Gasteiger partial charge in [0.05, 0.1) is 33.6 Å². The lowest BCUT2D eigenvalue weighted by atomic mass is 9.86. The molecule has 4 aromatic heterocycles. The van der Waals surface area contributed by atoms with Gasteiger partial charge in [-0.3, -0.25) is 33.8 Å². The van der Waals surface area contributed by atoms with E-state index in [1.54, 1.807) is 23.0 Å². The first-order valence-corrected chi connectivity index (χ1v) is 21.3. The van der Waals surface area contributed by atoms with Crippen molar-refractivity contribution < 1.29 is 14.4 Å². The van der Waals surface area contributed by atoms with Crippen molar-refractivity contribution in [2.75, 3.05) is 50.0 Å². The number of hydrogen-bond donors (Lipinski definition) is 3. The van der Waals surface area contributed by atoms with Gasteiger partial charge in [0.2, 0.25) is 11.8 Å². The van der Waals surface area contributed by atoms with Crippen LogP contribution in [0.1, 0.15) is 79.2 Å². The molecule has 4 aliphatic rings. The van der Waals surface area contributed by atoms with Crippen LogP contribution < -0.4 is 26.5 Å². The topological polar surface area (TPSA) is 146 Å². The molecule has 0 bridgehead atoms. The number of carbonyl (C=O) groups excluding carboxylic acids is 3. The van der Waals surface area contributed by atoms with E-state index in [9.17, 15) is 19.2 Å². The minimum absolute atomic E-state index is 0.000518. The zero-order valence-electron chi connectivity index (χ0n) is 33.2. The van der Waals surface area contributed by atoms with Crippen LogP contribution in [0, 0.1) is 0 Å². The molecule has 2 atom stereocenters. The Balaban J connectivity index is 0.000000154. The molecular weight excluding hydrogens is 751 g/mol. The Kier molecular flexibility index (Phi) is 10.2. The van der Waals surface area contributed by atoms with Crippen LogP contribution in [0.25, 0.3) is 43.3 Å². The number of hydrogen-bond acceptors (Lipinski definition) is 10. The predicted octanol–water partition coefficient (Wildman–Crippen LogP) is 6.17. The molecule has 0 spiro atoms. The SMILES string of the molecule is CN1CCN(c2cccc3c2n(C)c(=O)n3C2CCC(=O)NC2=O)CC1.C[C@@H]1CNc2c(sc3ccc4nc(-c5ccc(C6CCCCC6)nc5)ccc4c23)C(=O)N1. The lowest BCUT2D eigenvalue weighted by molar-refractivity contribution is -0.135. The number of aryl methyl sites for hydroxylation is 1. The summed E-state index contributed by atoms with van der Waals surface area (Å²) in [5.41, 5.74) is 7.43. The number of nitrogens with one attached hydrogen (secondary N) is 3. The number of anilines is 2. The van der Waals surface area contributed by atoms with Crippen LogP contribution in [0.2, 0.25) is 0 Å². The van der Waals surface area contributed by atoms with Gasteiger partial charge in [-0.2, -0.15) is 0 Å². The maximum atomic E-state index is 12.9. The summed E-state index contributed by atoms with van der Waals surface area (Å²) in [4.78, 5) is 64.4.